The number of carbonyl (C=O) groups is 2. The van der Waals surface area contributed by atoms with Gasteiger partial charge in [-0.25, -0.2) is 0 Å². The van der Waals surface area contributed by atoms with Crippen molar-refractivity contribution < 1.29 is 14.3 Å². The second-order valence-corrected chi connectivity index (χ2v) is 5.24. The van der Waals surface area contributed by atoms with E-state index in [9.17, 15) is 9.59 Å². The van der Waals surface area contributed by atoms with E-state index < -0.39 is 5.60 Å². The standard InChI is InChI=1S/C19H20O3/c1-3-18(21)22-19(15(2)20,17-12-8-5-9-13-17)14-16-10-6-4-7-11-16/h4-13H,3,14H2,1-2H3/t19-/m0/s1. The lowest BCUT2D eigenvalue weighted by molar-refractivity contribution is -0.168. The summed E-state index contributed by atoms with van der Waals surface area (Å²) in [6.07, 6.45) is 0.565. The first-order chi connectivity index (χ1) is 10.6. The number of hydrogen-bond donors (Lipinski definition) is 0. The molecule has 0 saturated carbocycles. The quantitative estimate of drug-likeness (QED) is 0.764. The molecule has 0 bridgehead atoms. The minimum Gasteiger partial charge on any atom is -0.446 e. The molecular formula is C19H20O3. The summed E-state index contributed by atoms with van der Waals surface area (Å²) in [5.41, 5.74) is 0.383. The van der Waals surface area contributed by atoms with Gasteiger partial charge in [0.05, 0.1) is 0 Å². The number of carbonyl (C=O) groups excluding carboxylic acids is 2. The minimum atomic E-state index is -1.27. The molecule has 22 heavy (non-hydrogen) atoms. The maximum absolute atomic E-state index is 12.4. The van der Waals surface area contributed by atoms with Gasteiger partial charge in [-0.15, -0.1) is 0 Å². The number of rotatable bonds is 6. The Hall–Kier alpha value is -2.42. The van der Waals surface area contributed by atoms with Crippen LogP contribution in [0.2, 0.25) is 0 Å². The van der Waals surface area contributed by atoms with Gasteiger partial charge in [-0.3, -0.25) is 9.59 Å². The smallest absolute Gasteiger partial charge is 0.306 e. The van der Waals surface area contributed by atoms with Gasteiger partial charge in [0, 0.05) is 18.4 Å². The van der Waals surface area contributed by atoms with Crippen molar-refractivity contribution in [2.24, 2.45) is 0 Å². The zero-order valence-electron chi connectivity index (χ0n) is 12.9. The molecule has 0 unspecified atom stereocenters. The highest BCUT2D eigenvalue weighted by Crippen LogP contribution is 2.32. The predicted molar refractivity (Wildman–Crippen MR) is 85.3 cm³/mol. The molecule has 0 aliphatic rings. The Kier molecular flexibility index (Phi) is 5.10. The number of ketones is 1. The lowest BCUT2D eigenvalue weighted by atomic mass is 9.83. The van der Waals surface area contributed by atoms with Crippen LogP contribution in [0.4, 0.5) is 0 Å². The van der Waals surface area contributed by atoms with Crippen molar-refractivity contribution in [3.8, 4) is 0 Å². The highest BCUT2D eigenvalue weighted by molar-refractivity contribution is 5.89. The first-order valence-corrected chi connectivity index (χ1v) is 7.41. The van der Waals surface area contributed by atoms with Gasteiger partial charge in [0.25, 0.3) is 0 Å². The van der Waals surface area contributed by atoms with Crippen LogP contribution in [0.15, 0.2) is 60.7 Å². The van der Waals surface area contributed by atoms with Crippen LogP contribution in [0, 0.1) is 0 Å². The van der Waals surface area contributed by atoms with Crippen LogP contribution in [0.25, 0.3) is 0 Å². The average Bonchev–Trinajstić information content (AvgIpc) is 2.55. The van der Waals surface area contributed by atoms with E-state index >= 15 is 0 Å². The molecule has 114 valence electrons. The fourth-order valence-corrected chi connectivity index (χ4v) is 2.45. The van der Waals surface area contributed by atoms with E-state index in [1.54, 1.807) is 6.92 Å². The zero-order valence-corrected chi connectivity index (χ0v) is 12.9. The normalized spacial score (nSPS) is 13.2. The largest absolute Gasteiger partial charge is 0.446 e. The van der Waals surface area contributed by atoms with E-state index in [0.717, 1.165) is 5.56 Å². The Labute approximate surface area is 130 Å². The van der Waals surface area contributed by atoms with E-state index in [-0.39, 0.29) is 18.2 Å². The van der Waals surface area contributed by atoms with Crippen LogP contribution >= 0.6 is 0 Å². The number of ether oxygens (including phenoxy) is 1. The molecule has 0 fully saturated rings. The fourth-order valence-electron chi connectivity index (χ4n) is 2.45. The van der Waals surface area contributed by atoms with Gasteiger partial charge in [-0.05, 0) is 12.5 Å². The van der Waals surface area contributed by atoms with Gasteiger partial charge in [0.1, 0.15) is 0 Å². The Morgan fingerprint density at radius 3 is 2.00 bits per heavy atom. The Balaban J connectivity index is 2.50. The summed E-state index contributed by atoms with van der Waals surface area (Å²) in [7, 11) is 0. The molecule has 3 nitrogen and oxygen atoms in total. The number of esters is 1. The average molecular weight is 296 g/mol. The van der Waals surface area contributed by atoms with Crippen LogP contribution in [-0.4, -0.2) is 11.8 Å². The molecule has 0 amide bonds. The maximum Gasteiger partial charge on any atom is 0.306 e. The lowest BCUT2D eigenvalue weighted by Crippen LogP contribution is -2.41. The molecule has 0 saturated heterocycles. The molecule has 0 heterocycles. The lowest BCUT2D eigenvalue weighted by Gasteiger charge is -2.31. The molecule has 3 heteroatoms. The molecular weight excluding hydrogens is 276 g/mol. The van der Waals surface area contributed by atoms with Crippen LogP contribution in [-0.2, 0) is 26.3 Å². The molecule has 0 aliphatic carbocycles. The van der Waals surface area contributed by atoms with E-state index in [4.69, 9.17) is 4.74 Å². The van der Waals surface area contributed by atoms with Crippen molar-refractivity contribution in [3.63, 3.8) is 0 Å². The minimum absolute atomic E-state index is 0.177. The molecule has 0 aliphatic heterocycles. The summed E-state index contributed by atoms with van der Waals surface area (Å²) in [5, 5.41) is 0. The Bertz CT molecular complexity index is 634. The summed E-state index contributed by atoms with van der Waals surface area (Å²) >= 11 is 0. The fraction of sp³-hybridized carbons (Fsp3) is 0.263. The molecule has 2 aromatic rings. The molecule has 0 spiro atoms. The van der Waals surface area contributed by atoms with Crippen molar-refractivity contribution >= 4 is 11.8 Å². The summed E-state index contributed by atoms with van der Waals surface area (Å²) < 4.78 is 5.65. The van der Waals surface area contributed by atoms with Gasteiger partial charge < -0.3 is 4.74 Å². The third kappa shape index (κ3) is 3.42. The number of Topliss-reactive ketones (excluding diaryl/α,β-unsaturated/α-hetero) is 1. The van der Waals surface area contributed by atoms with E-state index in [0.29, 0.717) is 12.0 Å². The highest BCUT2D eigenvalue weighted by Gasteiger charge is 2.41. The third-order valence-corrected chi connectivity index (χ3v) is 3.68. The maximum atomic E-state index is 12.4. The van der Waals surface area contributed by atoms with E-state index in [2.05, 4.69) is 0 Å². The summed E-state index contributed by atoms with van der Waals surface area (Å²) in [6.45, 7) is 3.19. The molecule has 2 aromatic carbocycles. The first-order valence-electron chi connectivity index (χ1n) is 7.41. The van der Waals surface area contributed by atoms with E-state index in [1.165, 1.54) is 6.92 Å². The second-order valence-electron chi connectivity index (χ2n) is 5.24. The van der Waals surface area contributed by atoms with Gasteiger partial charge in [0.15, 0.2) is 11.4 Å². The summed E-state index contributed by atoms with van der Waals surface area (Å²) in [6, 6.07) is 18.8. The molecule has 1 atom stereocenters. The van der Waals surface area contributed by atoms with Gasteiger partial charge >= 0.3 is 5.97 Å². The van der Waals surface area contributed by atoms with Crippen LogP contribution < -0.4 is 0 Å². The SMILES string of the molecule is CCC(=O)O[C@@](Cc1ccccc1)(C(C)=O)c1ccccc1. The van der Waals surface area contributed by atoms with Crippen molar-refractivity contribution in [1.82, 2.24) is 0 Å². The van der Waals surface area contributed by atoms with Gasteiger partial charge in [-0.1, -0.05) is 67.6 Å². The molecule has 0 radical (unpaired) electrons. The van der Waals surface area contributed by atoms with Crippen molar-refractivity contribution in [1.29, 1.82) is 0 Å². The predicted octanol–water partition coefficient (Wildman–Crippen LogP) is 3.67. The van der Waals surface area contributed by atoms with Crippen LogP contribution in [0.1, 0.15) is 31.4 Å². The van der Waals surface area contributed by atoms with Crippen LogP contribution in [0.3, 0.4) is 0 Å². The van der Waals surface area contributed by atoms with Crippen molar-refractivity contribution in [2.75, 3.05) is 0 Å². The van der Waals surface area contributed by atoms with E-state index in [1.807, 2.05) is 60.7 Å². The Morgan fingerprint density at radius 1 is 0.955 bits per heavy atom. The zero-order chi connectivity index (χ0) is 16.0. The van der Waals surface area contributed by atoms with Crippen molar-refractivity contribution in [3.05, 3.63) is 71.8 Å². The topological polar surface area (TPSA) is 43.4 Å². The van der Waals surface area contributed by atoms with Crippen LogP contribution in [0.5, 0.6) is 0 Å². The summed E-state index contributed by atoms with van der Waals surface area (Å²) in [4.78, 5) is 24.4. The van der Waals surface area contributed by atoms with Gasteiger partial charge in [0.2, 0.25) is 0 Å². The van der Waals surface area contributed by atoms with Crippen molar-refractivity contribution in [2.45, 2.75) is 32.3 Å². The first kappa shape index (κ1) is 16.0. The summed E-state index contributed by atoms with van der Waals surface area (Å²) in [5.74, 6) is -0.556. The molecule has 2 rings (SSSR count). The highest BCUT2D eigenvalue weighted by atomic mass is 16.6. The third-order valence-electron chi connectivity index (χ3n) is 3.68. The van der Waals surface area contributed by atoms with Gasteiger partial charge in [-0.2, -0.15) is 0 Å². The Morgan fingerprint density at radius 2 is 1.50 bits per heavy atom. The molecule has 0 aromatic heterocycles. The second kappa shape index (κ2) is 7.03. The number of hydrogen-bond acceptors (Lipinski definition) is 3. The number of benzene rings is 2. The molecule has 0 N–H and O–H groups in total. The monoisotopic (exact) mass is 296 g/mol.